The molecule has 0 nitrogen and oxygen atoms in total. The van der Waals surface area contributed by atoms with Crippen molar-refractivity contribution < 1.29 is 0 Å². The summed E-state index contributed by atoms with van der Waals surface area (Å²) in [6.45, 7) is 5.05. The largest absolute Gasteiger partial charge is 0.0599 e. The van der Waals surface area contributed by atoms with Crippen LogP contribution in [-0.4, -0.2) is 0 Å². The molecule has 0 spiro atoms. The molecule has 0 N–H and O–H groups in total. The van der Waals surface area contributed by atoms with Gasteiger partial charge in [0.15, 0.2) is 0 Å². The van der Waals surface area contributed by atoms with E-state index in [1.807, 2.05) is 0 Å². The van der Waals surface area contributed by atoms with Crippen molar-refractivity contribution in [2.24, 2.45) is 28.6 Å². The van der Waals surface area contributed by atoms with Crippen molar-refractivity contribution in [1.82, 2.24) is 0 Å². The molecule has 19 heavy (non-hydrogen) atoms. The van der Waals surface area contributed by atoms with Gasteiger partial charge in [-0.25, -0.2) is 0 Å². The number of hydrogen-bond donors (Lipinski definition) is 0. The number of fused-ring (bicyclic) bond motifs is 3. The van der Waals surface area contributed by atoms with E-state index in [2.05, 4.69) is 19.8 Å². The first-order valence-corrected chi connectivity index (χ1v) is 8.94. The Kier molecular flexibility index (Phi) is 2.84. The van der Waals surface area contributed by atoms with Gasteiger partial charge in [-0.05, 0) is 92.3 Å². The zero-order valence-corrected chi connectivity index (χ0v) is 13.0. The van der Waals surface area contributed by atoms with Crippen LogP contribution in [0.25, 0.3) is 0 Å². The number of rotatable bonds is 1. The quantitative estimate of drug-likeness (QED) is 0.561. The van der Waals surface area contributed by atoms with Gasteiger partial charge in [0.2, 0.25) is 0 Å². The van der Waals surface area contributed by atoms with E-state index in [0.717, 1.165) is 23.2 Å². The molecular weight excluding hydrogens is 228 g/mol. The topological polar surface area (TPSA) is 0 Å². The Bertz CT molecular complexity index is 345. The highest BCUT2D eigenvalue weighted by Gasteiger charge is 2.54. The second-order valence-corrected chi connectivity index (χ2v) is 9.12. The third-order valence-corrected chi connectivity index (χ3v) is 7.42. The first-order chi connectivity index (χ1) is 9.08. The molecule has 0 amide bonds. The third kappa shape index (κ3) is 2.00. The molecule has 107 valence electrons. The minimum atomic E-state index is 0.622. The van der Waals surface area contributed by atoms with Crippen LogP contribution in [0.2, 0.25) is 0 Å². The Morgan fingerprint density at radius 2 is 1.68 bits per heavy atom. The van der Waals surface area contributed by atoms with Crippen LogP contribution in [-0.2, 0) is 0 Å². The maximum atomic E-state index is 2.53. The predicted octanol–water partition coefficient (Wildman–Crippen LogP) is 5.77. The van der Waals surface area contributed by atoms with Gasteiger partial charge in [0.1, 0.15) is 0 Å². The fraction of sp³-hybridized carbons (Fsp3) is 0.947. The molecule has 0 saturated heterocycles. The van der Waals surface area contributed by atoms with E-state index in [4.69, 9.17) is 0 Å². The molecule has 1 radical (unpaired) electrons. The highest BCUT2D eigenvalue weighted by atomic mass is 14.6. The van der Waals surface area contributed by atoms with Gasteiger partial charge in [0.25, 0.3) is 0 Å². The minimum Gasteiger partial charge on any atom is -0.0599 e. The van der Waals surface area contributed by atoms with Crippen LogP contribution < -0.4 is 0 Å². The molecule has 4 fully saturated rings. The first-order valence-electron chi connectivity index (χ1n) is 8.94. The second-order valence-electron chi connectivity index (χ2n) is 9.12. The van der Waals surface area contributed by atoms with Crippen molar-refractivity contribution >= 4 is 0 Å². The van der Waals surface area contributed by atoms with Gasteiger partial charge in [0, 0.05) is 0 Å². The summed E-state index contributed by atoms with van der Waals surface area (Å²) in [5.74, 6) is 5.31. The molecule has 0 aromatic rings. The molecule has 4 rings (SSSR count). The van der Waals surface area contributed by atoms with Crippen molar-refractivity contribution in [3.63, 3.8) is 0 Å². The lowest BCUT2D eigenvalue weighted by molar-refractivity contribution is 0.0639. The van der Waals surface area contributed by atoms with E-state index < -0.39 is 0 Å². The molecule has 2 bridgehead atoms. The van der Waals surface area contributed by atoms with Crippen LogP contribution in [0.3, 0.4) is 0 Å². The monoisotopic (exact) mass is 259 g/mol. The molecule has 2 unspecified atom stereocenters. The van der Waals surface area contributed by atoms with Gasteiger partial charge in [0.05, 0.1) is 0 Å². The third-order valence-electron chi connectivity index (χ3n) is 7.42. The number of hydrogen-bond acceptors (Lipinski definition) is 0. The lowest BCUT2D eigenvalue weighted by Gasteiger charge is -2.52. The fourth-order valence-electron chi connectivity index (χ4n) is 6.44. The van der Waals surface area contributed by atoms with E-state index in [1.165, 1.54) is 32.1 Å². The van der Waals surface area contributed by atoms with Crippen LogP contribution >= 0.6 is 0 Å². The predicted molar refractivity (Wildman–Crippen MR) is 80.7 cm³/mol. The Labute approximate surface area is 119 Å². The molecule has 2 atom stereocenters. The zero-order valence-electron chi connectivity index (χ0n) is 13.0. The molecule has 0 aliphatic heterocycles. The maximum Gasteiger partial charge on any atom is -0.0145 e. The normalized spacial score (nSPS) is 49.3. The Balaban J connectivity index is 1.60. The van der Waals surface area contributed by atoms with E-state index >= 15 is 0 Å². The molecule has 0 heteroatoms. The van der Waals surface area contributed by atoms with E-state index in [1.54, 1.807) is 38.5 Å². The molecule has 0 heterocycles. The Hall–Kier alpha value is 0. The lowest BCUT2D eigenvalue weighted by atomic mass is 9.53. The lowest BCUT2D eigenvalue weighted by Crippen LogP contribution is -2.42. The van der Waals surface area contributed by atoms with Gasteiger partial charge in [-0.15, -0.1) is 0 Å². The van der Waals surface area contributed by atoms with Crippen molar-refractivity contribution in [2.45, 2.75) is 84.5 Å². The highest BCUT2D eigenvalue weighted by molar-refractivity contribution is 5.19. The highest BCUT2D eigenvalue weighted by Crippen LogP contribution is 2.65. The first kappa shape index (κ1) is 12.7. The molecule has 4 aliphatic carbocycles. The maximum absolute atomic E-state index is 2.53. The summed E-state index contributed by atoms with van der Waals surface area (Å²) in [6.07, 6.45) is 16.9. The Morgan fingerprint density at radius 3 is 2.37 bits per heavy atom. The van der Waals surface area contributed by atoms with E-state index in [9.17, 15) is 0 Å². The second kappa shape index (κ2) is 4.25. The fourth-order valence-corrected chi connectivity index (χ4v) is 6.44. The summed E-state index contributed by atoms with van der Waals surface area (Å²) in [6, 6.07) is 0. The SMILES string of the molecule is CC1(C)CCC2CCC[C](C34CCC(CC3)C4)C2C1. The van der Waals surface area contributed by atoms with Crippen LogP contribution in [0.1, 0.15) is 84.5 Å². The van der Waals surface area contributed by atoms with Crippen LogP contribution in [0.4, 0.5) is 0 Å². The smallest absolute Gasteiger partial charge is 0.0145 e. The van der Waals surface area contributed by atoms with Gasteiger partial charge in [-0.3, -0.25) is 0 Å². The molecule has 4 aliphatic rings. The molecule has 4 saturated carbocycles. The van der Waals surface area contributed by atoms with Crippen LogP contribution in [0.5, 0.6) is 0 Å². The Morgan fingerprint density at radius 1 is 0.895 bits per heavy atom. The summed E-state index contributed by atoms with van der Waals surface area (Å²) >= 11 is 0. The van der Waals surface area contributed by atoms with E-state index in [0.29, 0.717) is 5.41 Å². The van der Waals surface area contributed by atoms with Gasteiger partial charge >= 0.3 is 0 Å². The van der Waals surface area contributed by atoms with Gasteiger partial charge in [-0.2, -0.15) is 0 Å². The summed E-state index contributed by atoms with van der Waals surface area (Å²) in [5.41, 5.74) is 1.37. The van der Waals surface area contributed by atoms with Crippen LogP contribution in [0, 0.1) is 34.5 Å². The molecule has 0 aromatic heterocycles. The molecular formula is C19H31. The standard InChI is InChI=1S/C19H31/c1-18(2)9-8-15-4-3-5-17(16(15)13-18)19-10-6-14(12-19)7-11-19/h14-16H,3-13H2,1-2H3. The van der Waals surface area contributed by atoms with Crippen molar-refractivity contribution in [1.29, 1.82) is 0 Å². The zero-order chi connectivity index (χ0) is 13.1. The average molecular weight is 259 g/mol. The minimum absolute atomic E-state index is 0.622. The van der Waals surface area contributed by atoms with Crippen molar-refractivity contribution in [3.8, 4) is 0 Å². The van der Waals surface area contributed by atoms with Crippen LogP contribution in [0.15, 0.2) is 0 Å². The summed E-state index contributed by atoms with van der Waals surface area (Å²) < 4.78 is 0. The van der Waals surface area contributed by atoms with Gasteiger partial charge < -0.3 is 0 Å². The van der Waals surface area contributed by atoms with Crippen molar-refractivity contribution in [3.05, 3.63) is 5.92 Å². The summed E-state index contributed by atoms with van der Waals surface area (Å²) in [4.78, 5) is 0. The summed E-state index contributed by atoms with van der Waals surface area (Å²) in [5, 5.41) is 0. The van der Waals surface area contributed by atoms with E-state index in [-0.39, 0.29) is 0 Å². The van der Waals surface area contributed by atoms with Gasteiger partial charge in [-0.1, -0.05) is 26.7 Å². The van der Waals surface area contributed by atoms with Crippen molar-refractivity contribution in [2.75, 3.05) is 0 Å². The average Bonchev–Trinajstić information content (AvgIpc) is 2.98. The summed E-state index contributed by atoms with van der Waals surface area (Å²) in [7, 11) is 0. The molecule has 0 aromatic carbocycles.